The zero-order valence-electron chi connectivity index (χ0n) is 14.7. The number of amides is 2. The predicted molar refractivity (Wildman–Crippen MR) is 97.4 cm³/mol. The van der Waals surface area contributed by atoms with Crippen LogP contribution in [0.3, 0.4) is 0 Å². The Morgan fingerprint density at radius 1 is 1.36 bits per heavy atom. The molecule has 132 valence electrons. The Kier molecular flexibility index (Phi) is 5.38. The summed E-state index contributed by atoms with van der Waals surface area (Å²) in [6, 6.07) is 8.09. The number of carbonyl (C=O) groups is 1. The van der Waals surface area contributed by atoms with Gasteiger partial charge in [-0.2, -0.15) is 0 Å². The first-order valence-corrected chi connectivity index (χ1v) is 8.50. The van der Waals surface area contributed by atoms with Gasteiger partial charge in [0.15, 0.2) is 0 Å². The molecule has 1 aliphatic rings. The van der Waals surface area contributed by atoms with Crippen LogP contribution in [0.2, 0.25) is 0 Å². The molecule has 0 spiro atoms. The number of nitrogens with zero attached hydrogens (tertiary/aromatic N) is 3. The average molecular weight is 340 g/mol. The second-order valence-electron chi connectivity index (χ2n) is 6.26. The van der Waals surface area contributed by atoms with E-state index in [-0.39, 0.29) is 12.1 Å². The molecule has 0 aliphatic carbocycles. The summed E-state index contributed by atoms with van der Waals surface area (Å²) in [5.74, 6) is 0.855. The molecule has 6 nitrogen and oxygen atoms in total. The smallest absolute Gasteiger partial charge is 0.317 e. The van der Waals surface area contributed by atoms with Gasteiger partial charge >= 0.3 is 6.03 Å². The molecule has 3 rings (SSSR count). The summed E-state index contributed by atoms with van der Waals surface area (Å²) in [5, 5.41) is 3.05. The Hall–Kier alpha value is -2.76. The van der Waals surface area contributed by atoms with Gasteiger partial charge < -0.3 is 19.5 Å². The lowest BCUT2D eigenvalue weighted by molar-refractivity contribution is 0.198. The maximum absolute atomic E-state index is 12.4. The third-order valence-electron chi connectivity index (χ3n) is 4.37. The Balaban J connectivity index is 1.53. The topological polar surface area (TPSA) is 59.4 Å². The lowest BCUT2D eigenvalue weighted by atomic mass is 9.99. The van der Waals surface area contributed by atoms with Crippen molar-refractivity contribution in [3.8, 4) is 5.75 Å². The molecule has 2 amide bonds. The zero-order valence-corrected chi connectivity index (χ0v) is 14.7. The number of benzene rings is 1. The number of rotatable bonds is 5. The molecule has 25 heavy (non-hydrogen) atoms. The third-order valence-corrected chi connectivity index (χ3v) is 4.37. The van der Waals surface area contributed by atoms with Crippen LogP contribution in [0.1, 0.15) is 18.9 Å². The molecule has 0 bridgehead atoms. The van der Waals surface area contributed by atoms with Crippen LogP contribution in [0.5, 0.6) is 5.75 Å². The first kappa shape index (κ1) is 17.1. The number of urea groups is 1. The second-order valence-corrected chi connectivity index (χ2v) is 6.26. The standard InChI is InChI=1S/C19H24N4O2/c1-15(13-22-12-9-20-14-22)21-19(24)23-10-7-17(8-11-23)16-3-5-18(25-2)6-4-16/h3-7,9,12,14-15H,8,10-11,13H2,1-2H3,(H,21,24)/t15-/m1/s1. The highest BCUT2D eigenvalue weighted by Crippen LogP contribution is 2.24. The van der Waals surface area contributed by atoms with Crippen molar-refractivity contribution >= 4 is 11.6 Å². The van der Waals surface area contributed by atoms with Gasteiger partial charge in [-0.15, -0.1) is 0 Å². The van der Waals surface area contributed by atoms with E-state index in [0.717, 1.165) is 18.7 Å². The minimum absolute atomic E-state index is 0.0161. The third kappa shape index (κ3) is 4.41. The number of hydrogen-bond acceptors (Lipinski definition) is 3. The number of imidazole rings is 1. The van der Waals surface area contributed by atoms with Gasteiger partial charge in [-0.25, -0.2) is 9.78 Å². The van der Waals surface area contributed by atoms with Crippen molar-refractivity contribution in [2.45, 2.75) is 25.9 Å². The summed E-state index contributed by atoms with van der Waals surface area (Å²) in [4.78, 5) is 18.3. The van der Waals surface area contributed by atoms with Crippen molar-refractivity contribution < 1.29 is 9.53 Å². The summed E-state index contributed by atoms with van der Waals surface area (Å²) in [5.41, 5.74) is 2.47. The van der Waals surface area contributed by atoms with Gasteiger partial charge in [0.05, 0.1) is 13.4 Å². The van der Waals surface area contributed by atoms with Crippen molar-refractivity contribution in [2.75, 3.05) is 20.2 Å². The van der Waals surface area contributed by atoms with E-state index in [1.165, 1.54) is 11.1 Å². The lowest BCUT2D eigenvalue weighted by Gasteiger charge is -2.28. The highest BCUT2D eigenvalue weighted by molar-refractivity contribution is 5.77. The van der Waals surface area contributed by atoms with Gasteiger partial charge in [0.1, 0.15) is 5.75 Å². The number of carbonyl (C=O) groups excluding carboxylic acids is 1. The van der Waals surface area contributed by atoms with E-state index in [1.807, 2.05) is 34.7 Å². The Morgan fingerprint density at radius 3 is 2.76 bits per heavy atom. The normalized spacial score (nSPS) is 15.4. The van der Waals surface area contributed by atoms with E-state index >= 15 is 0 Å². The highest BCUT2D eigenvalue weighted by atomic mass is 16.5. The minimum Gasteiger partial charge on any atom is -0.497 e. The monoisotopic (exact) mass is 340 g/mol. The average Bonchev–Trinajstić information content (AvgIpc) is 3.14. The molecular formula is C19H24N4O2. The predicted octanol–water partition coefficient (Wildman–Crippen LogP) is 2.78. The van der Waals surface area contributed by atoms with E-state index in [2.05, 4.69) is 28.5 Å². The van der Waals surface area contributed by atoms with Gasteiger partial charge in [0, 0.05) is 38.1 Å². The fourth-order valence-corrected chi connectivity index (χ4v) is 2.98. The van der Waals surface area contributed by atoms with Crippen LogP contribution in [0, 0.1) is 0 Å². The van der Waals surface area contributed by atoms with E-state index in [1.54, 1.807) is 19.6 Å². The van der Waals surface area contributed by atoms with Crippen LogP contribution in [0.15, 0.2) is 49.1 Å². The number of methoxy groups -OCH3 is 1. The molecule has 2 heterocycles. The molecule has 0 unspecified atom stereocenters. The van der Waals surface area contributed by atoms with Crippen molar-refractivity contribution in [3.63, 3.8) is 0 Å². The number of ether oxygens (including phenoxy) is 1. The zero-order chi connectivity index (χ0) is 17.6. The molecule has 0 saturated carbocycles. The number of aromatic nitrogens is 2. The lowest BCUT2D eigenvalue weighted by Crippen LogP contribution is -2.46. The van der Waals surface area contributed by atoms with E-state index in [9.17, 15) is 4.79 Å². The quantitative estimate of drug-likeness (QED) is 0.910. The van der Waals surface area contributed by atoms with Gasteiger partial charge in [-0.1, -0.05) is 18.2 Å². The summed E-state index contributed by atoms with van der Waals surface area (Å²) in [7, 11) is 1.67. The van der Waals surface area contributed by atoms with Crippen LogP contribution in [0.4, 0.5) is 4.79 Å². The Bertz CT molecular complexity index is 722. The maximum Gasteiger partial charge on any atom is 0.317 e. The maximum atomic E-state index is 12.4. The summed E-state index contributed by atoms with van der Waals surface area (Å²) >= 11 is 0. The second kappa shape index (κ2) is 7.88. The molecule has 0 saturated heterocycles. The van der Waals surface area contributed by atoms with Gasteiger partial charge in [0.2, 0.25) is 0 Å². The van der Waals surface area contributed by atoms with Crippen LogP contribution >= 0.6 is 0 Å². The molecular weight excluding hydrogens is 316 g/mol. The summed E-state index contributed by atoms with van der Waals surface area (Å²) in [6.45, 7) is 4.07. The molecule has 2 aromatic rings. The van der Waals surface area contributed by atoms with E-state index in [0.29, 0.717) is 13.1 Å². The van der Waals surface area contributed by atoms with Crippen molar-refractivity contribution in [3.05, 3.63) is 54.6 Å². The van der Waals surface area contributed by atoms with Crippen LogP contribution in [-0.4, -0.2) is 46.7 Å². The fraction of sp³-hybridized carbons (Fsp3) is 0.368. The van der Waals surface area contributed by atoms with E-state index < -0.39 is 0 Å². The first-order valence-electron chi connectivity index (χ1n) is 8.50. The minimum atomic E-state index is -0.0161. The van der Waals surface area contributed by atoms with Gasteiger partial charge in [-0.05, 0) is 36.6 Å². The Labute approximate surface area is 148 Å². The number of nitrogens with one attached hydrogen (secondary N) is 1. The molecule has 1 aromatic heterocycles. The van der Waals surface area contributed by atoms with Crippen LogP contribution in [-0.2, 0) is 6.54 Å². The largest absolute Gasteiger partial charge is 0.497 e. The SMILES string of the molecule is COc1ccc(C2=CCN(C(=O)N[C@H](C)Cn3ccnc3)CC2)cc1. The van der Waals surface area contributed by atoms with Crippen LogP contribution in [0.25, 0.3) is 5.57 Å². The van der Waals surface area contributed by atoms with Gasteiger partial charge in [-0.3, -0.25) is 0 Å². The van der Waals surface area contributed by atoms with Crippen molar-refractivity contribution in [1.82, 2.24) is 19.8 Å². The number of hydrogen-bond donors (Lipinski definition) is 1. The van der Waals surface area contributed by atoms with E-state index in [4.69, 9.17) is 4.74 Å². The molecule has 6 heteroatoms. The molecule has 1 aromatic carbocycles. The molecule has 1 aliphatic heterocycles. The molecule has 0 radical (unpaired) electrons. The van der Waals surface area contributed by atoms with Crippen molar-refractivity contribution in [2.24, 2.45) is 0 Å². The summed E-state index contributed by atoms with van der Waals surface area (Å²) in [6.07, 6.45) is 8.38. The molecule has 1 atom stereocenters. The van der Waals surface area contributed by atoms with Crippen molar-refractivity contribution in [1.29, 1.82) is 0 Å². The fourth-order valence-electron chi connectivity index (χ4n) is 2.98. The molecule has 0 fully saturated rings. The highest BCUT2D eigenvalue weighted by Gasteiger charge is 2.19. The Morgan fingerprint density at radius 2 is 2.16 bits per heavy atom. The molecule has 1 N–H and O–H groups in total. The summed E-state index contributed by atoms with van der Waals surface area (Å²) < 4.78 is 7.15. The van der Waals surface area contributed by atoms with Gasteiger partial charge in [0.25, 0.3) is 0 Å². The first-order chi connectivity index (χ1) is 12.2. The van der Waals surface area contributed by atoms with Crippen LogP contribution < -0.4 is 10.1 Å².